The Morgan fingerprint density at radius 2 is 0.955 bits per heavy atom. The van der Waals surface area contributed by atoms with E-state index in [1.54, 1.807) is 0 Å². The van der Waals surface area contributed by atoms with E-state index < -0.39 is 0 Å². The molecule has 0 saturated heterocycles. The van der Waals surface area contributed by atoms with Crippen LogP contribution in [0.1, 0.15) is 66.2 Å². The van der Waals surface area contributed by atoms with Gasteiger partial charge in [-0.25, -0.2) is 0 Å². The molecule has 128 valence electrons. The number of carbonyl (C=O) groups excluding carboxylic acids is 4. The first-order valence-electron chi connectivity index (χ1n) is 7.63. The van der Waals surface area contributed by atoms with E-state index in [9.17, 15) is 19.2 Å². The molecule has 0 N–H and O–H groups in total. The van der Waals surface area contributed by atoms with Crippen LogP contribution in [0, 0.1) is 0 Å². The van der Waals surface area contributed by atoms with Gasteiger partial charge >= 0.3 is 11.9 Å². The summed E-state index contributed by atoms with van der Waals surface area (Å²) in [5.41, 5.74) is 0. The van der Waals surface area contributed by atoms with Crippen molar-refractivity contribution in [3.8, 4) is 0 Å². The van der Waals surface area contributed by atoms with Crippen molar-refractivity contribution in [3.05, 3.63) is 0 Å². The minimum Gasteiger partial charge on any atom is -0.466 e. The van der Waals surface area contributed by atoms with E-state index in [-0.39, 0.29) is 36.3 Å². The summed E-state index contributed by atoms with van der Waals surface area (Å²) in [5.74, 6) is -0.499. The second-order valence-electron chi connectivity index (χ2n) is 4.84. The van der Waals surface area contributed by atoms with E-state index in [0.717, 1.165) is 12.8 Å². The first-order chi connectivity index (χ1) is 10.3. The summed E-state index contributed by atoms with van der Waals surface area (Å²) < 4.78 is 9.50. The lowest BCUT2D eigenvalue weighted by Crippen LogP contribution is -2.06. The summed E-state index contributed by atoms with van der Waals surface area (Å²) in [5, 5.41) is 0. The Labute approximate surface area is 132 Å². The van der Waals surface area contributed by atoms with Crippen molar-refractivity contribution in [2.45, 2.75) is 66.2 Å². The zero-order chi connectivity index (χ0) is 17.4. The smallest absolute Gasteiger partial charge is 0.306 e. The number of carbonyl (C=O) groups is 4. The second kappa shape index (κ2) is 15.7. The maximum atomic E-state index is 10.7. The molecule has 6 nitrogen and oxygen atoms in total. The van der Waals surface area contributed by atoms with Crippen LogP contribution in [0.4, 0.5) is 0 Å². The number of rotatable bonds is 10. The molecule has 0 atom stereocenters. The Morgan fingerprint density at radius 3 is 1.18 bits per heavy atom. The Bertz CT molecular complexity index is 315. The number of esters is 2. The first-order valence-corrected chi connectivity index (χ1v) is 7.63. The van der Waals surface area contributed by atoms with Gasteiger partial charge in [-0.3, -0.25) is 9.59 Å². The van der Waals surface area contributed by atoms with Gasteiger partial charge in [0.1, 0.15) is 11.6 Å². The predicted octanol–water partition coefficient (Wildman–Crippen LogP) is 2.62. The minimum absolute atomic E-state index is 0.0263. The Morgan fingerprint density at radius 1 is 0.636 bits per heavy atom. The molecule has 0 bridgehead atoms. The monoisotopic (exact) mass is 316 g/mol. The fourth-order valence-electron chi connectivity index (χ4n) is 1.13. The van der Waals surface area contributed by atoms with Crippen molar-refractivity contribution in [1.82, 2.24) is 0 Å². The molecule has 0 radical (unpaired) electrons. The lowest BCUT2D eigenvalue weighted by molar-refractivity contribution is -0.145. The van der Waals surface area contributed by atoms with Crippen molar-refractivity contribution in [2.75, 3.05) is 13.2 Å². The molecule has 0 rings (SSSR count). The van der Waals surface area contributed by atoms with Gasteiger partial charge in [-0.1, -0.05) is 13.8 Å². The summed E-state index contributed by atoms with van der Waals surface area (Å²) in [6.07, 6.45) is 2.67. The van der Waals surface area contributed by atoms with Crippen molar-refractivity contribution >= 4 is 23.5 Å². The number of Topliss-reactive ketones (excluding diaryl/α,β-unsaturated/α-hetero) is 2. The van der Waals surface area contributed by atoms with E-state index in [1.165, 1.54) is 13.8 Å². The summed E-state index contributed by atoms with van der Waals surface area (Å²) in [4.78, 5) is 42.3. The highest BCUT2D eigenvalue weighted by Crippen LogP contribution is 1.95. The van der Waals surface area contributed by atoms with Gasteiger partial charge in [-0.15, -0.1) is 0 Å². The normalized spacial score (nSPS) is 9.27. The summed E-state index contributed by atoms with van der Waals surface area (Å²) in [6, 6.07) is 0. The molecule has 0 aliphatic heterocycles. The average molecular weight is 316 g/mol. The molecule has 0 aromatic heterocycles. The molecule has 0 saturated carbocycles. The molecule has 0 spiro atoms. The molecular weight excluding hydrogens is 288 g/mol. The van der Waals surface area contributed by atoms with Gasteiger partial charge in [-0.2, -0.15) is 0 Å². The first kappa shape index (κ1) is 22.6. The van der Waals surface area contributed by atoms with Gasteiger partial charge in [0.2, 0.25) is 0 Å². The van der Waals surface area contributed by atoms with Crippen molar-refractivity contribution in [1.29, 1.82) is 0 Å². The van der Waals surface area contributed by atoms with Crippen LogP contribution in [0.15, 0.2) is 0 Å². The number of ether oxygens (including phenoxy) is 2. The lowest BCUT2D eigenvalue weighted by atomic mass is 10.2. The third kappa shape index (κ3) is 20.6. The number of hydrogen-bond donors (Lipinski definition) is 0. The predicted molar refractivity (Wildman–Crippen MR) is 82.3 cm³/mol. The van der Waals surface area contributed by atoms with Crippen molar-refractivity contribution < 1.29 is 28.7 Å². The molecule has 0 aromatic carbocycles. The SMILES string of the molecule is CCCOC(=O)CCC(C)=O.CCCOC(=O)CCC(C)=O. The molecule has 0 aromatic rings. The number of hydrogen-bond acceptors (Lipinski definition) is 6. The van der Waals surface area contributed by atoms with Gasteiger partial charge in [-0.05, 0) is 26.7 Å². The zero-order valence-electron chi connectivity index (χ0n) is 14.1. The van der Waals surface area contributed by atoms with E-state index in [2.05, 4.69) is 0 Å². The highest BCUT2D eigenvalue weighted by atomic mass is 16.5. The third-order valence-electron chi connectivity index (χ3n) is 2.30. The quantitative estimate of drug-likeness (QED) is 0.576. The van der Waals surface area contributed by atoms with E-state index in [0.29, 0.717) is 26.1 Å². The van der Waals surface area contributed by atoms with Crippen LogP contribution in [-0.4, -0.2) is 36.7 Å². The average Bonchev–Trinajstić information content (AvgIpc) is 2.47. The zero-order valence-corrected chi connectivity index (χ0v) is 14.1. The van der Waals surface area contributed by atoms with Gasteiger partial charge in [0.15, 0.2) is 0 Å². The fourth-order valence-corrected chi connectivity index (χ4v) is 1.13. The molecule has 0 unspecified atom stereocenters. The summed E-state index contributed by atoms with van der Waals surface area (Å²) in [7, 11) is 0. The van der Waals surface area contributed by atoms with Gasteiger partial charge in [0, 0.05) is 12.8 Å². The third-order valence-corrected chi connectivity index (χ3v) is 2.30. The molecule has 0 fully saturated rings. The van der Waals surface area contributed by atoms with Crippen LogP contribution < -0.4 is 0 Å². The Hall–Kier alpha value is -1.72. The molecule has 0 heterocycles. The Kier molecular flexibility index (Phi) is 16.1. The summed E-state index contributed by atoms with van der Waals surface area (Å²) >= 11 is 0. The van der Waals surface area contributed by atoms with Gasteiger partial charge in [0.05, 0.1) is 26.1 Å². The van der Waals surface area contributed by atoms with Gasteiger partial charge < -0.3 is 19.1 Å². The van der Waals surface area contributed by atoms with Gasteiger partial charge in [0.25, 0.3) is 0 Å². The van der Waals surface area contributed by atoms with Crippen LogP contribution in [0.2, 0.25) is 0 Å². The van der Waals surface area contributed by atoms with Crippen LogP contribution in [-0.2, 0) is 28.7 Å². The maximum Gasteiger partial charge on any atom is 0.306 e. The van der Waals surface area contributed by atoms with Crippen LogP contribution in [0.25, 0.3) is 0 Å². The van der Waals surface area contributed by atoms with Crippen LogP contribution in [0.5, 0.6) is 0 Å². The molecule has 0 aliphatic carbocycles. The maximum absolute atomic E-state index is 10.7. The summed E-state index contributed by atoms with van der Waals surface area (Å²) in [6.45, 7) is 7.70. The van der Waals surface area contributed by atoms with Crippen molar-refractivity contribution in [3.63, 3.8) is 0 Å². The van der Waals surface area contributed by atoms with Crippen LogP contribution in [0.3, 0.4) is 0 Å². The van der Waals surface area contributed by atoms with E-state index >= 15 is 0 Å². The fraction of sp³-hybridized carbons (Fsp3) is 0.750. The van der Waals surface area contributed by atoms with Crippen molar-refractivity contribution in [2.24, 2.45) is 0 Å². The number of ketones is 2. The van der Waals surface area contributed by atoms with E-state index in [1.807, 2.05) is 13.8 Å². The molecule has 0 amide bonds. The molecular formula is C16H28O6. The highest BCUT2D eigenvalue weighted by molar-refractivity contribution is 5.81. The standard InChI is InChI=1S/2C8H14O3/c2*1-3-6-11-8(10)5-4-7(2)9/h2*3-6H2,1-2H3. The van der Waals surface area contributed by atoms with Crippen LogP contribution >= 0.6 is 0 Å². The lowest BCUT2D eigenvalue weighted by Gasteiger charge is -2.00. The topological polar surface area (TPSA) is 86.7 Å². The molecule has 22 heavy (non-hydrogen) atoms. The highest BCUT2D eigenvalue weighted by Gasteiger charge is 2.03. The minimum atomic E-state index is -0.276. The van der Waals surface area contributed by atoms with E-state index in [4.69, 9.17) is 9.47 Å². The largest absolute Gasteiger partial charge is 0.466 e. The molecule has 0 aliphatic rings. The second-order valence-corrected chi connectivity index (χ2v) is 4.84. The Balaban J connectivity index is 0. The molecule has 6 heteroatoms.